The molecule has 0 bridgehead atoms. The quantitative estimate of drug-likeness (QED) is 0.580. The first kappa shape index (κ1) is 20.0. The van der Waals surface area contributed by atoms with Gasteiger partial charge in [-0.3, -0.25) is 9.59 Å². The lowest BCUT2D eigenvalue weighted by atomic mass is 10.3. The summed E-state index contributed by atoms with van der Waals surface area (Å²) in [5.41, 5.74) is 1.24. The van der Waals surface area contributed by atoms with E-state index < -0.39 is 0 Å². The maximum absolute atomic E-state index is 12.5. The highest BCUT2D eigenvalue weighted by Crippen LogP contribution is 2.24. The fourth-order valence-corrected chi connectivity index (χ4v) is 3.60. The molecular weight excluding hydrogens is 396 g/mol. The van der Waals surface area contributed by atoms with Gasteiger partial charge in [0.25, 0.3) is 0 Å². The minimum atomic E-state index is -0.214. The summed E-state index contributed by atoms with van der Waals surface area (Å²) < 4.78 is 6.87. The Bertz CT molecular complexity index is 1000. The first-order chi connectivity index (χ1) is 13.5. The van der Waals surface area contributed by atoms with E-state index in [9.17, 15) is 9.59 Å². The molecule has 0 aliphatic heterocycles. The van der Waals surface area contributed by atoms with Gasteiger partial charge in [0, 0.05) is 33.1 Å². The smallest absolute Gasteiger partial charge is 0.244 e. The Balaban J connectivity index is 1.78. The lowest BCUT2D eigenvalue weighted by Crippen LogP contribution is -2.22. The van der Waals surface area contributed by atoms with Crippen LogP contribution in [-0.4, -0.2) is 17.6 Å². The molecule has 0 aliphatic rings. The number of halogens is 1. The van der Waals surface area contributed by atoms with Gasteiger partial charge in [0.15, 0.2) is 5.75 Å². The average molecular weight is 415 g/mol. The second kappa shape index (κ2) is 9.48. The summed E-state index contributed by atoms with van der Waals surface area (Å²) in [7, 11) is 1.44. The summed E-state index contributed by atoms with van der Waals surface area (Å²) in [6.07, 6.45) is 1.57. The van der Waals surface area contributed by atoms with E-state index in [1.54, 1.807) is 22.5 Å². The standard InChI is InChI=1S/C21H19ClN2O3S/c1-27-20-12-24(13-21(26)23-16-5-3-2-4-6-16)17(11-19(20)25)14-28-18-9-7-15(22)8-10-18/h2-12H,13-14H2,1H3,(H,23,26). The van der Waals surface area contributed by atoms with Gasteiger partial charge in [0.05, 0.1) is 13.3 Å². The van der Waals surface area contributed by atoms with Crippen molar-refractivity contribution in [1.82, 2.24) is 4.57 Å². The third kappa shape index (κ3) is 5.41. The number of hydrogen-bond donors (Lipinski definition) is 1. The molecule has 1 heterocycles. The van der Waals surface area contributed by atoms with Crippen molar-refractivity contribution >= 4 is 35.0 Å². The number of ether oxygens (including phenoxy) is 1. The molecule has 0 saturated heterocycles. The van der Waals surface area contributed by atoms with Crippen LogP contribution in [0.5, 0.6) is 5.75 Å². The third-order valence-corrected chi connectivity index (χ3v) is 5.27. The number of nitrogens with one attached hydrogen (secondary N) is 1. The van der Waals surface area contributed by atoms with Gasteiger partial charge in [-0.25, -0.2) is 0 Å². The molecule has 0 spiro atoms. The number of aromatic nitrogens is 1. The van der Waals surface area contributed by atoms with Crippen LogP contribution in [0.15, 0.2) is 76.6 Å². The summed E-state index contributed by atoms with van der Waals surface area (Å²) in [6.45, 7) is 0.0715. The molecule has 0 saturated carbocycles. The van der Waals surface area contributed by atoms with Crippen LogP contribution in [0, 0.1) is 0 Å². The number of rotatable bonds is 7. The first-order valence-electron chi connectivity index (χ1n) is 8.56. The maximum Gasteiger partial charge on any atom is 0.244 e. The number of carbonyl (C=O) groups excluding carboxylic acids is 1. The van der Waals surface area contributed by atoms with Crippen molar-refractivity contribution in [3.05, 3.63) is 87.8 Å². The Kier molecular flexibility index (Phi) is 6.79. The molecule has 3 rings (SSSR count). The van der Waals surface area contributed by atoms with Gasteiger partial charge in [-0.15, -0.1) is 11.8 Å². The zero-order chi connectivity index (χ0) is 19.9. The maximum atomic E-state index is 12.5. The highest BCUT2D eigenvalue weighted by molar-refractivity contribution is 7.98. The van der Waals surface area contributed by atoms with E-state index in [0.29, 0.717) is 10.8 Å². The summed E-state index contributed by atoms with van der Waals surface area (Å²) in [5.74, 6) is 0.543. The molecule has 3 aromatic rings. The van der Waals surface area contributed by atoms with Gasteiger partial charge in [0.2, 0.25) is 11.3 Å². The van der Waals surface area contributed by atoms with Gasteiger partial charge in [-0.2, -0.15) is 0 Å². The van der Waals surface area contributed by atoms with Gasteiger partial charge in [-0.05, 0) is 36.4 Å². The van der Waals surface area contributed by atoms with Crippen LogP contribution in [-0.2, 0) is 17.1 Å². The van der Waals surface area contributed by atoms with Crippen molar-refractivity contribution < 1.29 is 9.53 Å². The first-order valence-corrected chi connectivity index (χ1v) is 9.92. The molecule has 0 aliphatic carbocycles. The zero-order valence-electron chi connectivity index (χ0n) is 15.2. The van der Waals surface area contributed by atoms with Gasteiger partial charge in [-0.1, -0.05) is 29.8 Å². The van der Waals surface area contributed by atoms with Crippen molar-refractivity contribution in [2.24, 2.45) is 0 Å². The number of pyridine rings is 1. The second-order valence-electron chi connectivity index (χ2n) is 5.98. The Morgan fingerprint density at radius 2 is 1.86 bits per heavy atom. The van der Waals surface area contributed by atoms with Crippen molar-refractivity contribution in [3.8, 4) is 5.75 Å². The number of amides is 1. The summed E-state index contributed by atoms with van der Waals surface area (Å²) in [6, 6.07) is 18.2. The molecule has 7 heteroatoms. The Hall–Kier alpha value is -2.70. The van der Waals surface area contributed by atoms with Crippen LogP contribution in [0.2, 0.25) is 5.02 Å². The molecule has 28 heavy (non-hydrogen) atoms. The molecule has 0 fully saturated rings. The normalized spacial score (nSPS) is 10.5. The number of benzene rings is 2. The highest BCUT2D eigenvalue weighted by Gasteiger charge is 2.11. The van der Waals surface area contributed by atoms with Crippen LogP contribution in [0.1, 0.15) is 5.69 Å². The van der Waals surface area contributed by atoms with Crippen LogP contribution in [0.4, 0.5) is 5.69 Å². The van der Waals surface area contributed by atoms with Crippen LogP contribution in [0.25, 0.3) is 0 Å². The van der Waals surface area contributed by atoms with Crippen LogP contribution < -0.4 is 15.5 Å². The van der Waals surface area contributed by atoms with E-state index >= 15 is 0 Å². The average Bonchev–Trinajstić information content (AvgIpc) is 2.69. The van der Waals surface area contributed by atoms with E-state index in [2.05, 4.69) is 5.32 Å². The third-order valence-electron chi connectivity index (χ3n) is 3.97. The number of para-hydroxylation sites is 1. The van der Waals surface area contributed by atoms with Crippen molar-refractivity contribution in [1.29, 1.82) is 0 Å². The Morgan fingerprint density at radius 3 is 2.54 bits per heavy atom. The minimum Gasteiger partial charge on any atom is -0.491 e. The minimum absolute atomic E-state index is 0.0715. The fraction of sp³-hybridized carbons (Fsp3) is 0.143. The zero-order valence-corrected chi connectivity index (χ0v) is 16.8. The number of thioether (sulfide) groups is 1. The summed E-state index contributed by atoms with van der Waals surface area (Å²) in [4.78, 5) is 25.7. The van der Waals surface area contributed by atoms with E-state index in [-0.39, 0.29) is 23.6 Å². The molecule has 144 valence electrons. The van der Waals surface area contributed by atoms with E-state index in [4.69, 9.17) is 16.3 Å². The largest absolute Gasteiger partial charge is 0.491 e. The molecule has 0 radical (unpaired) electrons. The Labute approximate surface area is 172 Å². The van der Waals surface area contributed by atoms with Crippen molar-refractivity contribution in [2.45, 2.75) is 17.2 Å². The van der Waals surface area contributed by atoms with Crippen molar-refractivity contribution in [3.63, 3.8) is 0 Å². The molecule has 5 nitrogen and oxygen atoms in total. The molecular formula is C21H19ClN2O3S. The molecule has 0 unspecified atom stereocenters. The lowest BCUT2D eigenvalue weighted by molar-refractivity contribution is -0.116. The monoisotopic (exact) mass is 414 g/mol. The van der Waals surface area contributed by atoms with E-state index in [1.807, 2.05) is 54.6 Å². The van der Waals surface area contributed by atoms with Gasteiger partial charge >= 0.3 is 0 Å². The second-order valence-corrected chi connectivity index (χ2v) is 7.47. The molecule has 1 amide bonds. The number of nitrogens with zero attached hydrogens (tertiary/aromatic N) is 1. The summed E-state index contributed by atoms with van der Waals surface area (Å²) >= 11 is 7.48. The lowest BCUT2D eigenvalue weighted by Gasteiger charge is -2.15. The molecule has 2 aromatic carbocycles. The number of carbonyl (C=O) groups is 1. The van der Waals surface area contributed by atoms with E-state index in [0.717, 1.165) is 16.3 Å². The topological polar surface area (TPSA) is 60.3 Å². The number of anilines is 1. The summed E-state index contributed by atoms with van der Waals surface area (Å²) in [5, 5.41) is 3.52. The molecule has 1 N–H and O–H groups in total. The number of hydrogen-bond acceptors (Lipinski definition) is 4. The van der Waals surface area contributed by atoms with Crippen LogP contribution >= 0.6 is 23.4 Å². The molecule has 1 aromatic heterocycles. The van der Waals surface area contributed by atoms with Gasteiger partial charge in [0.1, 0.15) is 6.54 Å². The van der Waals surface area contributed by atoms with Gasteiger partial charge < -0.3 is 14.6 Å². The van der Waals surface area contributed by atoms with Crippen molar-refractivity contribution in [2.75, 3.05) is 12.4 Å². The predicted molar refractivity (Wildman–Crippen MR) is 113 cm³/mol. The highest BCUT2D eigenvalue weighted by atomic mass is 35.5. The Morgan fingerprint density at radius 1 is 1.14 bits per heavy atom. The predicted octanol–water partition coefficient (Wildman–Crippen LogP) is 4.44. The van der Waals surface area contributed by atoms with Crippen LogP contribution in [0.3, 0.4) is 0 Å². The SMILES string of the molecule is COc1cn(CC(=O)Nc2ccccc2)c(CSc2ccc(Cl)cc2)cc1=O. The van der Waals surface area contributed by atoms with E-state index in [1.165, 1.54) is 13.2 Å². The fourth-order valence-electron chi connectivity index (χ4n) is 2.58. The molecule has 0 atom stereocenters. The number of methoxy groups -OCH3 is 1.